The molecule has 0 N–H and O–H groups in total. The van der Waals surface area contributed by atoms with E-state index in [1.807, 2.05) is 43.3 Å². The Morgan fingerprint density at radius 2 is 1.89 bits per heavy atom. The van der Waals surface area contributed by atoms with Crippen LogP contribution in [0.3, 0.4) is 0 Å². The van der Waals surface area contributed by atoms with Gasteiger partial charge in [-0.3, -0.25) is 4.79 Å². The molecule has 0 saturated carbocycles. The fraction of sp³-hybridized carbons (Fsp3) is 0.273. The van der Waals surface area contributed by atoms with Gasteiger partial charge in [0.05, 0.1) is 19.4 Å². The van der Waals surface area contributed by atoms with Crippen molar-refractivity contribution in [2.45, 2.75) is 13.8 Å². The summed E-state index contributed by atoms with van der Waals surface area (Å²) >= 11 is 0. The Hall–Kier alpha value is -3.28. The van der Waals surface area contributed by atoms with Gasteiger partial charge in [0.25, 0.3) is 5.91 Å². The van der Waals surface area contributed by atoms with Crippen LogP contribution in [0.1, 0.15) is 25.0 Å². The van der Waals surface area contributed by atoms with E-state index >= 15 is 0 Å². The van der Waals surface area contributed by atoms with Crippen molar-refractivity contribution in [2.24, 2.45) is 0 Å². The highest BCUT2D eigenvalue weighted by Crippen LogP contribution is 2.38. The highest BCUT2D eigenvalue weighted by molar-refractivity contribution is 6.35. The van der Waals surface area contributed by atoms with Gasteiger partial charge in [0.1, 0.15) is 0 Å². The van der Waals surface area contributed by atoms with E-state index in [-0.39, 0.29) is 12.5 Å². The second-order valence-electron chi connectivity index (χ2n) is 6.13. The standard InChI is InChI=1S/C22H23NO5/c1-4-23-18-9-7-6-8-16(18)17(22(23)25)12-15-10-11-19(20(13-15)26-3)28-14-21(24)27-5-2/h6-13H,4-5,14H2,1-3H3/b17-12-. The number of rotatable bonds is 7. The van der Waals surface area contributed by atoms with Gasteiger partial charge in [-0.2, -0.15) is 0 Å². The Labute approximate surface area is 164 Å². The van der Waals surface area contributed by atoms with E-state index in [4.69, 9.17) is 14.2 Å². The molecule has 146 valence electrons. The summed E-state index contributed by atoms with van der Waals surface area (Å²) in [4.78, 5) is 26.1. The molecule has 0 bridgehead atoms. The first-order valence-electron chi connectivity index (χ1n) is 9.18. The summed E-state index contributed by atoms with van der Waals surface area (Å²) < 4.78 is 15.7. The Balaban J connectivity index is 1.88. The molecule has 6 nitrogen and oxygen atoms in total. The van der Waals surface area contributed by atoms with Crippen LogP contribution < -0.4 is 14.4 Å². The van der Waals surface area contributed by atoms with Crippen molar-refractivity contribution in [3.63, 3.8) is 0 Å². The summed E-state index contributed by atoms with van der Waals surface area (Å²) in [7, 11) is 1.53. The van der Waals surface area contributed by atoms with Gasteiger partial charge in [0, 0.05) is 17.7 Å². The largest absolute Gasteiger partial charge is 0.493 e. The molecule has 2 aromatic rings. The zero-order valence-electron chi connectivity index (χ0n) is 16.2. The van der Waals surface area contributed by atoms with E-state index in [1.54, 1.807) is 24.0 Å². The molecule has 1 amide bonds. The fourth-order valence-corrected chi connectivity index (χ4v) is 3.16. The fourth-order valence-electron chi connectivity index (χ4n) is 3.16. The maximum atomic E-state index is 12.8. The molecule has 1 aliphatic heterocycles. The number of methoxy groups -OCH3 is 1. The minimum absolute atomic E-state index is 0.0229. The Kier molecular flexibility index (Phi) is 5.99. The number of nitrogens with zero attached hydrogens (tertiary/aromatic N) is 1. The van der Waals surface area contributed by atoms with Gasteiger partial charge in [0.2, 0.25) is 0 Å². The molecule has 0 unspecified atom stereocenters. The molecule has 28 heavy (non-hydrogen) atoms. The van der Waals surface area contributed by atoms with E-state index in [2.05, 4.69) is 0 Å². The maximum Gasteiger partial charge on any atom is 0.344 e. The normalized spacial score (nSPS) is 14.2. The van der Waals surface area contributed by atoms with Crippen LogP contribution in [-0.2, 0) is 14.3 Å². The first kappa shape index (κ1) is 19.5. The lowest BCUT2D eigenvalue weighted by Gasteiger charge is -2.13. The number of para-hydroxylation sites is 1. The average molecular weight is 381 g/mol. The minimum Gasteiger partial charge on any atom is -0.493 e. The molecular formula is C22H23NO5. The number of benzene rings is 2. The number of carbonyl (C=O) groups excluding carboxylic acids is 2. The van der Waals surface area contributed by atoms with Crippen molar-refractivity contribution in [1.29, 1.82) is 0 Å². The monoisotopic (exact) mass is 381 g/mol. The van der Waals surface area contributed by atoms with Crippen molar-refractivity contribution in [2.75, 3.05) is 31.8 Å². The number of anilines is 1. The van der Waals surface area contributed by atoms with Crippen LogP contribution in [0.4, 0.5) is 5.69 Å². The van der Waals surface area contributed by atoms with Crippen molar-refractivity contribution in [1.82, 2.24) is 0 Å². The molecule has 0 spiro atoms. The molecule has 0 radical (unpaired) electrons. The SMILES string of the molecule is CCOC(=O)COc1ccc(/C=C2\C(=O)N(CC)c3ccccc32)cc1OC. The van der Waals surface area contributed by atoms with Gasteiger partial charge in [-0.15, -0.1) is 0 Å². The zero-order chi connectivity index (χ0) is 20.1. The van der Waals surface area contributed by atoms with Crippen LogP contribution >= 0.6 is 0 Å². The van der Waals surface area contributed by atoms with Crippen LogP contribution in [0, 0.1) is 0 Å². The van der Waals surface area contributed by atoms with Gasteiger partial charge in [-0.1, -0.05) is 24.3 Å². The molecule has 0 saturated heterocycles. The Morgan fingerprint density at radius 3 is 2.61 bits per heavy atom. The molecule has 0 fully saturated rings. The van der Waals surface area contributed by atoms with Crippen LogP contribution in [-0.4, -0.2) is 38.7 Å². The van der Waals surface area contributed by atoms with Crippen molar-refractivity contribution in [3.8, 4) is 11.5 Å². The lowest BCUT2D eigenvalue weighted by Crippen LogP contribution is -2.25. The number of ether oxygens (including phenoxy) is 3. The summed E-state index contributed by atoms with van der Waals surface area (Å²) in [5, 5.41) is 0. The number of amides is 1. The maximum absolute atomic E-state index is 12.8. The molecule has 3 rings (SSSR count). The minimum atomic E-state index is -0.441. The zero-order valence-corrected chi connectivity index (χ0v) is 16.2. The highest BCUT2D eigenvalue weighted by atomic mass is 16.6. The van der Waals surface area contributed by atoms with Crippen molar-refractivity contribution >= 4 is 29.2 Å². The number of esters is 1. The van der Waals surface area contributed by atoms with Crippen LogP contribution in [0.15, 0.2) is 42.5 Å². The molecule has 6 heteroatoms. The summed E-state index contributed by atoms with van der Waals surface area (Å²) in [6.07, 6.45) is 1.84. The molecular weight excluding hydrogens is 358 g/mol. The summed E-state index contributed by atoms with van der Waals surface area (Å²) in [5.74, 6) is 0.449. The van der Waals surface area contributed by atoms with E-state index in [1.165, 1.54) is 7.11 Å². The number of fused-ring (bicyclic) bond motifs is 1. The van der Waals surface area contributed by atoms with Gasteiger partial charge in [0.15, 0.2) is 18.1 Å². The van der Waals surface area contributed by atoms with E-state index in [9.17, 15) is 9.59 Å². The molecule has 0 aliphatic carbocycles. The molecule has 2 aromatic carbocycles. The highest BCUT2D eigenvalue weighted by Gasteiger charge is 2.30. The number of likely N-dealkylation sites (N-methyl/N-ethyl adjacent to an activating group) is 1. The lowest BCUT2D eigenvalue weighted by molar-refractivity contribution is -0.145. The van der Waals surface area contributed by atoms with Gasteiger partial charge >= 0.3 is 5.97 Å². The molecule has 0 aromatic heterocycles. The third kappa shape index (κ3) is 3.86. The summed E-state index contributed by atoms with van der Waals surface area (Å²) in [5.41, 5.74) is 3.27. The smallest absolute Gasteiger partial charge is 0.344 e. The third-order valence-electron chi connectivity index (χ3n) is 4.43. The first-order valence-corrected chi connectivity index (χ1v) is 9.18. The van der Waals surface area contributed by atoms with Gasteiger partial charge < -0.3 is 19.1 Å². The second kappa shape index (κ2) is 8.61. The number of hydrogen-bond acceptors (Lipinski definition) is 5. The Morgan fingerprint density at radius 1 is 1.11 bits per heavy atom. The number of hydrogen-bond donors (Lipinski definition) is 0. The predicted octanol–water partition coefficient (Wildman–Crippen LogP) is 3.54. The van der Waals surface area contributed by atoms with Crippen molar-refractivity contribution < 1.29 is 23.8 Å². The molecule has 1 aliphatic rings. The van der Waals surface area contributed by atoms with Gasteiger partial charge in [-0.25, -0.2) is 4.79 Å². The summed E-state index contributed by atoms with van der Waals surface area (Å²) in [6.45, 7) is 4.41. The van der Waals surface area contributed by atoms with E-state index < -0.39 is 5.97 Å². The topological polar surface area (TPSA) is 65.1 Å². The average Bonchev–Trinajstić information content (AvgIpc) is 2.98. The third-order valence-corrected chi connectivity index (χ3v) is 4.43. The molecule has 1 heterocycles. The second-order valence-corrected chi connectivity index (χ2v) is 6.13. The van der Waals surface area contributed by atoms with E-state index in [0.717, 1.165) is 16.8 Å². The lowest BCUT2D eigenvalue weighted by atomic mass is 10.0. The summed E-state index contributed by atoms with van der Waals surface area (Å²) in [6, 6.07) is 13.1. The molecule has 0 atom stereocenters. The van der Waals surface area contributed by atoms with Crippen LogP contribution in [0.5, 0.6) is 11.5 Å². The number of carbonyl (C=O) groups is 2. The predicted molar refractivity (Wildman–Crippen MR) is 107 cm³/mol. The van der Waals surface area contributed by atoms with Crippen LogP contribution in [0.25, 0.3) is 11.6 Å². The van der Waals surface area contributed by atoms with Crippen molar-refractivity contribution in [3.05, 3.63) is 53.6 Å². The van der Waals surface area contributed by atoms with E-state index in [0.29, 0.717) is 30.2 Å². The Bertz CT molecular complexity index is 919. The quantitative estimate of drug-likeness (QED) is 0.542. The van der Waals surface area contributed by atoms with Crippen LogP contribution in [0.2, 0.25) is 0 Å². The first-order chi connectivity index (χ1) is 13.6. The van der Waals surface area contributed by atoms with Gasteiger partial charge in [-0.05, 0) is 43.7 Å².